The number of amides is 1. The number of benzene rings is 2. The minimum absolute atomic E-state index is 0.0219. The van der Waals surface area contributed by atoms with E-state index < -0.39 is 18.5 Å². The average Bonchev–Trinajstić information content (AvgIpc) is 3.14. The number of hydrogen-bond donors (Lipinski definition) is 2. The van der Waals surface area contributed by atoms with Crippen molar-refractivity contribution in [2.45, 2.75) is 0 Å². The lowest BCUT2D eigenvalue weighted by atomic mass is 10.2. The van der Waals surface area contributed by atoms with Crippen molar-refractivity contribution in [1.29, 1.82) is 0 Å². The summed E-state index contributed by atoms with van der Waals surface area (Å²) in [7, 11) is 0. The van der Waals surface area contributed by atoms with Gasteiger partial charge in [-0.1, -0.05) is 23.7 Å². The van der Waals surface area contributed by atoms with Crippen LogP contribution in [0.4, 0.5) is 5.69 Å². The maximum absolute atomic E-state index is 12.1. The van der Waals surface area contributed by atoms with Gasteiger partial charge in [0.25, 0.3) is 5.91 Å². The Balaban J connectivity index is 1.68. The summed E-state index contributed by atoms with van der Waals surface area (Å²) in [6, 6.07) is 10.8. The van der Waals surface area contributed by atoms with Crippen LogP contribution in [-0.2, 0) is 9.53 Å². The largest absolute Gasteiger partial charge is 0.507 e. The Labute approximate surface area is 153 Å². The van der Waals surface area contributed by atoms with Gasteiger partial charge in [-0.2, -0.15) is 5.10 Å². The van der Waals surface area contributed by atoms with Gasteiger partial charge in [0.05, 0.1) is 11.4 Å². The van der Waals surface area contributed by atoms with E-state index in [9.17, 15) is 14.7 Å². The lowest BCUT2D eigenvalue weighted by molar-refractivity contribution is -0.119. The first kappa shape index (κ1) is 17.4. The molecule has 0 spiro atoms. The third-order valence-electron chi connectivity index (χ3n) is 3.36. The van der Waals surface area contributed by atoms with Gasteiger partial charge >= 0.3 is 5.97 Å². The third kappa shape index (κ3) is 3.98. The van der Waals surface area contributed by atoms with Crippen molar-refractivity contribution < 1.29 is 19.4 Å². The summed E-state index contributed by atoms with van der Waals surface area (Å²) < 4.78 is 6.38. The van der Waals surface area contributed by atoms with Gasteiger partial charge < -0.3 is 15.2 Å². The molecule has 0 aliphatic rings. The van der Waals surface area contributed by atoms with E-state index in [0.717, 1.165) is 0 Å². The van der Waals surface area contributed by atoms with E-state index in [4.69, 9.17) is 16.3 Å². The van der Waals surface area contributed by atoms with Gasteiger partial charge in [-0.3, -0.25) is 4.79 Å². The van der Waals surface area contributed by atoms with Crippen molar-refractivity contribution in [1.82, 2.24) is 14.8 Å². The number of carbonyl (C=O) groups excluding carboxylic acids is 2. The van der Waals surface area contributed by atoms with Gasteiger partial charge in [0.1, 0.15) is 24.0 Å². The minimum atomic E-state index is -0.805. The summed E-state index contributed by atoms with van der Waals surface area (Å²) in [5, 5.41) is 16.6. The topological polar surface area (TPSA) is 106 Å². The lowest BCUT2D eigenvalue weighted by Crippen LogP contribution is -2.21. The zero-order chi connectivity index (χ0) is 18.5. The quantitative estimate of drug-likeness (QED) is 0.666. The molecule has 0 aliphatic carbocycles. The molecule has 0 atom stereocenters. The first-order chi connectivity index (χ1) is 12.5. The van der Waals surface area contributed by atoms with Crippen LogP contribution in [0.25, 0.3) is 5.69 Å². The molecule has 0 radical (unpaired) electrons. The molecule has 3 rings (SSSR count). The fourth-order valence-corrected chi connectivity index (χ4v) is 2.35. The van der Waals surface area contributed by atoms with Crippen LogP contribution in [0, 0.1) is 0 Å². The van der Waals surface area contributed by atoms with Crippen molar-refractivity contribution >= 4 is 29.2 Å². The second-order valence-electron chi connectivity index (χ2n) is 5.14. The van der Waals surface area contributed by atoms with E-state index in [1.807, 2.05) is 0 Å². The van der Waals surface area contributed by atoms with Gasteiger partial charge in [-0.15, -0.1) is 0 Å². The predicted molar refractivity (Wildman–Crippen MR) is 93.4 cm³/mol. The standard InChI is InChI=1S/C17H13ClN4O4/c18-11-5-6-14(22-10-19-9-20-22)13(7-11)21-16(24)8-26-17(25)12-3-1-2-4-15(12)23/h1-7,9-10,23H,8H2,(H,21,24). The molecule has 0 unspecified atom stereocenters. The Morgan fingerprint density at radius 1 is 1.23 bits per heavy atom. The fraction of sp³-hybridized carbons (Fsp3) is 0.0588. The van der Waals surface area contributed by atoms with Crippen molar-refractivity contribution in [3.05, 3.63) is 65.7 Å². The lowest BCUT2D eigenvalue weighted by Gasteiger charge is -2.11. The molecule has 9 heteroatoms. The van der Waals surface area contributed by atoms with Crippen molar-refractivity contribution in [3.8, 4) is 11.4 Å². The first-order valence-corrected chi connectivity index (χ1v) is 7.82. The molecule has 0 fully saturated rings. The van der Waals surface area contributed by atoms with E-state index in [1.165, 1.54) is 29.5 Å². The van der Waals surface area contributed by atoms with Crippen molar-refractivity contribution in [3.63, 3.8) is 0 Å². The number of rotatable bonds is 5. The molecule has 0 saturated carbocycles. The molecule has 8 nitrogen and oxygen atoms in total. The number of ether oxygens (including phenoxy) is 1. The van der Waals surface area contributed by atoms with Gasteiger partial charge in [0, 0.05) is 5.02 Å². The number of aromatic nitrogens is 3. The number of hydrogen-bond acceptors (Lipinski definition) is 6. The number of phenols is 1. The monoisotopic (exact) mass is 372 g/mol. The highest BCUT2D eigenvalue weighted by atomic mass is 35.5. The molecule has 1 amide bonds. The number of phenolic OH excluding ortho intramolecular Hbond substituents is 1. The molecule has 0 aliphatic heterocycles. The van der Waals surface area contributed by atoms with Crippen LogP contribution >= 0.6 is 11.6 Å². The molecule has 0 saturated heterocycles. The minimum Gasteiger partial charge on any atom is -0.507 e. The van der Waals surface area contributed by atoms with E-state index >= 15 is 0 Å². The van der Waals surface area contributed by atoms with Crippen LogP contribution in [0.15, 0.2) is 55.1 Å². The second kappa shape index (κ2) is 7.66. The van der Waals surface area contributed by atoms with Gasteiger partial charge in [-0.05, 0) is 30.3 Å². The highest BCUT2D eigenvalue weighted by Gasteiger charge is 2.15. The fourth-order valence-electron chi connectivity index (χ4n) is 2.18. The molecule has 26 heavy (non-hydrogen) atoms. The van der Waals surface area contributed by atoms with Crippen molar-refractivity contribution in [2.75, 3.05) is 11.9 Å². The average molecular weight is 373 g/mol. The Kier molecular flexibility index (Phi) is 5.14. The van der Waals surface area contributed by atoms with Gasteiger partial charge in [0.2, 0.25) is 0 Å². The third-order valence-corrected chi connectivity index (χ3v) is 3.59. The van der Waals surface area contributed by atoms with Crippen LogP contribution in [-0.4, -0.2) is 38.4 Å². The van der Waals surface area contributed by atoms with E-state index in [0.29, 0.717) is 16.4 Å². The second-order valence-corrected chi connectivity index (χ2v) is 5.58. The van der Waals surface area contributed by atoms with E-state index in [1.54, 1.807) is 30.3 Å². The zero-order valence-corrected chi connectivity index (χ0v) is 14.1. The molecule has 132 valence electrons. The first-order valence-electron chi connectivity index (χ1n) is 7.44. The number of aromatic hydroxyl groups is 1. The smallest absolute Gasteiger partial charge is 0.342 e. The molecule has 1 heterocycles. The van der Waals surface area contributed by atoms with Gasteiger partial charge in [0.15, 0.2) is 6.61 Å². The van der Waals surface area contributed by atoms with E-state index in [2.05, 4.69) is 15.4 Å². The van der Waals surface area contributed by atoms with Crippen LogP contribution in [0.3, 0.4) is 0 Å². The van der Waals surface area contributed by atoms with Crippen LogP contribution in [0.5, 0.6) is 5.75 Å². The number of para-hydroxylation sites is 1. The van der Waals surface area contributed by atoms with E-state index in [-0.39, 0.29) is 11.3 Å². The number of nitrogens with one attached hydrogen (secondary N) is 1. The Hall–Kier alpha value is -3.39. The highest BCUT2D eigenvalue weighted by Crippen LogP contribution is 2.24. The molecule has 3 aromatic rings. The maximum Gasteiger partial charge on any atom is 0.342 e. The summed E-state index contributed by atoms with van der Waals surface area (Å²) in [5.41, 5.74) is 0.908. The summed E-state index contributed by atoms with van der Waals surface area (Å²) >= 11 is 5.98. The van der Waals surface area contributed by atoms with Crippen molar-refractivity contribution in [2.24, 2.45) is 0 Å². The number of esters is 1. The van der Waals surface area contributed by atoms with Gasteiger partial charge in [-0.25, -0.2) is 14.5 Å². The number of nitrogens with zero attached hydrogens (tertiary/aromatic N) is 3. The summed E-state index contributed by atoms with van der Waals surface area (Å²) in [4.78, 5) is 27.9. The van der Waals surface area contributed by atoms with Crippen LogP contribution in [0.1, 0.15) is 10.4 Å². The predicted octanol–water partition coefficient (Wildman–Crippen LogP) is 2.42. The molecular formula is C17H13ClN4O4. The number of halogens is 1. The molecular weight excluding hydrogens is 360 g/mol. The Morgan fingerprint density at radius 3 is 2.77 bits per heavy atom. The molecule has 2 aromatic carbocycles. The normalized spacial score (nSPS) is 10.3. The summed E-state index contributed by atoms with van der Waals surface area (Å²) in [6.45, 7) is -0.531. The maximum atomic E-state index is 12.1. The number of carbonyl (C=O) groups is 2. The van der Waals surface area contributed by atoms with Crippen LogP contribution in [0.2, 0.25) is 5.02 Å². The molecule has 1 aromatic heterocycles. The zero-order valence-electron chi connectivity index (χ0n) is 13.3. The van der Waals surface area contributed by atoms with Crippen LogP contribution < -0.4 is 5.32 Å². The molecule has 0 bridgehead atoms. The summed E-state index contributed by atoms with van der Waals surface area (Å²) in [6.07, 6.45) is 2.82. The highest BCUT2D eigenvalue weighted by molar-refractivity contribution is 6.31. The summed E-state index contributed by atoms with van der Waals surface area (Å²) in [5.74, 6) is -1.60. The number of anilines is 1. The molecule has 2 N–H and O–H groups in total. The SMILES string of the molecule is O=C(COC(=O)c1ccccc1O)Nc1cc(Cl)ccc1-n1cncn1. The Bertz CT molecular complexity index is 944. The Morgan fingerprint density at radius 2 is 2.04 bits per heavy atom.